The largest absolute Gasteiger partial charge is 0.356 e. The van der Waals surface area contributed by atoms with Crippen LogP contribution in [-0.4, -0.2) is 60.9 Å². The van der Waals surface area contributed by atoms with Gasteiger partial charge in [-0.2, -0.15) is 0 Å². The average molecular weight is 380 g/mol. The van der Waals surface area contributed by atoms with Gasteiger partial charge in [-0.1, -0.05) is 25.4 Å². The molecule has 0 aromatic heterocycles. The van der Waals surface area contributed by atoms with Crippen LogP contribution in [0.15, 0.2) is 24.3 Å². The van der Waals surface area contributed by atoms with Crippen LogP contribution in [-0.2, 0) is 4.79 Å². The van der Waals surface area contributed by atoms with Crippen LogP contribution in [0.4, 0.5) is 0 Å². The van der Waals surface area contributed by atoms with Gasteiger partial charge in [0.2, 0.25) is 5.91 Å². The number of nitrogens with zero attached hydrogens (tertiary/aromatic N) is 2. The van der Waals surface area contributed by atoms with Crippen LogP contribution in [0.3, 0.4) is 0 Å². The fourth-order valence-electron chi connectivity index (χ4n) is 3.32. The number of hydrogen-bond acceptors (Lipinski definition) is 3. The first-order valence-electron chi connectivity index (χ1n) is 9.60. The van der Waals surface area contributed by atoms with Gasteiger partial charge in [-0.3, -0.25) is 9.59 Å². The number of carbonyl (C=O) groups is 2. The maximum Gasteiger partial charge on any atom is 0.253 e. The minimum Gasteiger partial charge on any atom is -0.356 e. The predicted octanol–water partition coefficient (Wildman–Crippen LogP) is 3.04. The molecule has 1 saturated heterocycles. The second kappa shape index (κ2) is 10.5. The van der Waals surface area contributed by atoms with Crippen LogP contribution in [0, 0.1) is 5.92 Å². The highest BCUT2D eigenvalue weighted by molar-refractivity contribution is 6.30. The van der Waals surface area contributed by atoms with Gasteiger partial charge in [0.1, 0.15) is 0 Å². The van der Waals surface area contributed by atoms with E-state index in [1.54, 1.807) is 24.3 Å². The molecule has 1 N–H and O–H groups in total. The lowest BCUT2D eigenvalue weighted by molar-refractivity contribution is -0.126. The first kappa shape index (κ1) is 20.7. The second-order valence-corrected chi connectivity index (χ2v) is 7.18. The van der Waals surface area contributed by atoms with Crippen LogP contribution in [0.2, 0.25) is 5.02 Å². The van der Waals surface area contributed by atoms with Crippen molar-refractivity contribution in [1.82, 2.24) is 15.1 Å². The van der Waals surface area contributed by atoms with E-state index in [1.807, 2.05) is 4.90 Å². The van der Waals surface area contributed by atoms with Gasteiger partial charge in [0, 0.05) is 36.1 Å². The van der Waals surface area contributed by atoms with Crippen molar-refractivity contribution >= 4 is 23.4 Å². The normalized spacial score (nSPS) is 15.3. The van der Waals surface area contributed by atoms with Crippen molar-refractivity contribution < 1.29 is 9.59 Å². The SMILES string of the molecule is CCN(CC)CCCNC(=O)C1CCN(C(=O)c2ccc(Cl)cc2)CC1. The second-order valence-electron chi connectivity index (χ2n) is 6.74. The van der Waals surface area contributed by atoms with Crippen molar-refractivity contribution in [2.45, 2.75) is 33.1 Å². The van der Waals surface area contributed by atoms with E-state index in [0.29, 0.717) is 23.7 Å². The standard InChI is InChI=1S/C20H30ClN3O2/c1-3-23(4-2)13-5-12-22-19(25)16-10-14-24(15-11-16)20(26)17-6-8-18(21)9-7-17/h6-9,16H,3-5,10-15H2,1-2H3,(H,22,25). The lowest BCUT2D eigenvalue weighted by atomic mass is 9.95. The molecule has 0 atom stereocenters. The molecule has 0 radical (unpaired) electrons. The Morgan fingerprint density at radius 2 is 1.77 bits per heavy atom. The Balaban J connectivity index is 1.71. The summed E-state index contributed by atoms with van der Waals surface area (Å²) in [7, 11) is 0. The molecule has 0 unspecified atom stereocenters. The van der Waals surface area contributed by atoms with E-state index >= 15 is 0 Å². The highest BCUT2D eigenvalue weighted by Crippen LogP contribution is 2.20. The third kappa shape index (κ3) is 5.99. The summed E-state index contributed by atoms with van der Waals surface area (Å²) < 4.78 is 0. The summed E-state index contributed by atoms with van der Waals surface area (Å²) in [5, 5.41) is 3.68. The van der Waals surface area contributed by atoms with E-state index in [0.717, 1.165) is 45.4 Å². The molecule has 2 rings (SSSR count). The van der Waals surface area contributed by atoms with Gasteiger partial charge in [-0.15, -0.1) is 0 Å². The van der Waals surface area contributed by atoms with Crippen molar-refractivity contribution in [1.29, 1.82) is 0 Å². The van der Waals surface area contributed by atoms with Gasteiger partial charge in [-0.25, -0.2) is 0 Å². The molecule has 6 heteroatoms. The first-order chi connectivity index (χ1) is 12.5. The summed E-state index contributed by atoms with van der Waals surface area (Å²) in [5.74, 6) is 0.153. The Kier molecular flexibility index (Phi) is 8.39. The van der Waals surface area contributed by atoms with Gasteiger partial charge in [0.05, 0.1) is 0 Å². The Bertz CT molecular complexity index is 579. The average Bonchev–Trinajstić information content (AvgIpc) is 2.68. The van der Waals surface area contributed by atoms with Crippen LogP contribution in [0.5, 0.6) is 0 Å². The van der Waals surface area contributed by atoms with Crippen LogP contribution >= 0.6 is 11.6 Å². The molecule has 26 heavy (non-hydrogen) atoms. The zero-order valence-corrected chi connectivity index (χ0v) is 16.6. The van der Waals surface area contributed by atoms with Gasteiger partial charge < -0.3 is 15.1 Å². The van der Waals surface area contributed by atoms with E-state index < -0.39 is 0 Å². The number of hydrogen-bond donors (Lipinski definition) is 1. The van der Waals surface area contributed by atoms with Gasteiger partial charge in [0.15, 0.2) is 0 Å². The molecule has 1 aliphatic heterocycles. The topological polar surface area (TPSA) is 52.7 Å². The van der Waals surface area contributed by atoms with E-state index in [9.17, 15) is 9.59 Å². The van der Waals surface area contributed by atoms with Crippen LogP contribution < -0.4 is 5.32 Å². The van der Waals surface area contributed by atoms with Gasteiger partial charge in [-0.05, 0) is 63.2 Å². The molecule has 1 aromatic rings. The number of carbonyl (C=O) groups excluding carboxylic acids is 2. The Labute approximate surface area is 161 Å². The summed E-state index contributed by atoms with van der Waals surface area (Å²) in [6.07, 6.45) is 2.42. The van der Waals surface area contributed by atoms with E-state index in [-0.39, 0.29) is 17.7 Å². The Morgan fingerprint density at radius 1 is 1.15 bits per heavy atom. The number of benzene rings is 1. The van der Waals surface area contributed by atoms with Crippen molar-refractivity contribution in [3.8, 4) is 0 Å². The number of amides is 2. The third-order valence-corrected chi connectivity index (χ3v) is 5.34. The molecule has 0 bridgehead atoms. The number of rotatable bonds is 8. The third-order valence-electron chi connectivity index (χ3n) is 5.09. The summed E-state index contributed by atoms with van der Waals surface area (Å²) in [5.41, 5.74) is 0.647. The number of piperidine rings is 1. The molecule has 1 aliphatic rings. The minimum atomic E-state index is 0.0118. The first-order valence-corrected chi connectivity index (χ1v) is 9.97. The quantitative estimate of drug-likeness (QED) is 0.706. The van der Waals surface area contributed by atoms with Crippen LogP contribution in [0.25, 0.3) is 0 Å². The fraction of sp³-hybridized carbons (Fsp3) is 0.600. The zero-order chi connectivity index (χ0) is 18.9. The zero-order valence-electron chi connectivity index (χ0n) is 15.8. The minimum absolute atomic E-state index is 0.0118. The molecule has 0 saturated carbocycles. The predicted molar refractivity (Wildman–Crippen MR) is 105 cm³/mol. The number of nitrogens with one attached hydrogen (secondary N) is 1. The summed E-state index contributed by atoms with van der Waals surface area (Å²) in [6, 6.07) is 6.96. The maximum atomic E-state index is 12.5. The summed E-state index contributed by atoms with van der Waals surface area (Å²) in [6.45, 7) is 9.38. The van der Waals surface area contributed by atoms with Crippen LogP contribution in [0.1, 0.15) is 43.5 Å². The lowest BCUT2D eigenvalue weighted by Crippen LogP contribution is -2.43. The highest BCUT2D eigenvalue weighted by Gasteiger charge is 2.27. The summed E-state index contributed by atoms with van der Waals surface area (Å²) >= 11 is 5.87. The number of halogens is 1. The molecule has 1 fully saturated rings. The molecule has 0 spiro atoms. The Hall–Kier alpha value is -1.59. The fourth-order valence-corrected chi connectivity index (χ4v) is 3.44. The van der Waals surface area contributed by atoms with E-state index in [2.05, 4.69) is 24.1 Å². The van der Waals surface area contributed by atoms with E-state index in [1.165, 1.54) is 0 Å². The highest BCUT2D eigenvalue weighted by atomic mass is 35.5. The summed E-state index contributed by atoms with van der Waals surface area (Å²) in [4.78, 5) is 29.0. The van der Waals surface area contributed by atoms with Crippen molar-refractivity contribution in [3.05, 3.63) is 34.9 Å². The van der Waals surface area contributed by atoms with E-state index in [4.69, 9.17) is 11.6 Å². The maximum absolute atomic E-state index is 12.5. The molecule has 144 valence electrons. The molecule has 2 amide bonds. The Morgan fingerprint density at radius 3 is 2.35 bits per heavy atom. The molecule has 1 heterocycles. The smallest absolute Gasteiger partial charge is 0.253 e. The van der Waals surface area contributed by atoms with Gasteiger partial charge in [0.25, 0.3) is 5.91 Å². The van der Waals surface area contributed by atoms with Gasteiger partial charge >= 0.3 is 0 Å². The lowest BCUT2D eigenvalue weighted by Gasteiger charge is -2.31. The monoisotopic (exact) mass is 379 g/mol. The van der Waals surface area contributed by atoms with Crippen molar-refractivity contribution in [2.24, 2.45) is 5.92 Å². The molecular formula is C20H30ClN3O2. The molecule has 1 aromatic carbocycles. The molecule has 0 aliphatic carbocycles. The van der Waals surface area contributed by atoms with Crippen molar-refractivity contribution in [2.75, 3.05) is 39.3 Å². The number of likely N-dealkylation sites (tertiary alicyclic amines) is 1. The van der Waals surface area contributed by atoms with Crippen molar-refractivity contribution in [3.63, 3.8) is 0 Å². The molecular weight excluding hydrogens is 350 g/mol. The molecule has 5 nitrogen and oxygen atoms in total.